The second-order valence-corrected chi connectivity index (χ2v) is 8.04. The Morgan fingerprint density at radius 1 is 1.08 bits per heavy atom. The molecule has 0 unspecified atom stereocenters. The van der Waals surface area contributed by atoms with Gasteiger partial charge in [-0.25, -0.2) is 9.97 Å². The molecule has 1 saturated heterocycles. The summed E-state index contributed by atoms with van der Waals surface area (Å²) in [6.45, 7) is 6.98. The molecule has 26 heavy (non-hydrogen) atoms. The molecule has 0 aliphatic carbocycles. The molecule has 136 valence electrons. The maximum absolute atomic E-state index is 4.43. The highest BCUT2D eigenvalue weighted by molar-refractivity contribution is 7.11. The van der Waals surface area contributed by atoms with E-state index in [0.29, 0.717) is 0 Å². The molecular formula is C18H23N7S. The van der Waals surface area contributed by atoms with Gasteiger partial charge in [-0.2, -0.15) is 0 Å². The molecule has 1 aromatic carbocycles. The minimum absolute atomic E-state index is 0.898. The molecule has 3 heterocycles. The molecule has 0 radical (unpaired) electrons. The second-order valence-electron chi connectivity index (χ2n) is 6.77. The molecule has 0 N–H and O–H groups in total. The smallest absolute Gasteiger partial charge is 0.139 e. The Kier molecular flexibility index (Phi) is 4.69. The van der Waals surface area contributed by atoms with E-state index in [2.05, 4.69) is 48.2 Å². The van der Waals surface area contributed by atoms with Gasteiger partial charge in [-0.05, 0) is 25.1 Å². The average Bonchev–Trinajstić information content (AvgIpc) is 3.06. The van der Waals surface area contributed by atoms with Gasteiger partial charge < -0.3 is 9.80 Å². The van der Waals surface area contributed by atoms with Crippen molar-refractivity contribution in [1.82, 2.24) is 25.1 Å². The lowest BCUT2D eigenvalue weighted by molar-refractivity contribution is 0.249. The Morgan fingerprint density at radius 2 is 1.88 bits per heavy atom. The number of benzene rings is 1. The molecule has 0 spiro atoms. The minimum Gasteiger partial charge on any atom is -0.369 e. The van der Waals surface area contributed by atoms with Gasteiger partial charge in [-0.15, -0.1) is 21.5 Å². The van der Waals surface area contributed by atoms with Crippen LogP contribution in [0, 0.1) is 6.92 Å². The van der Waals surface area contributed by atoms with E-state index in [1.54, 1.807) is 17.7 Å². The molecule has 0 bridgehead atoms. The van der Waals surface area contributed by atoms with Crippen LogP contribution in [-0.4, -0.2) is 65.3 Å². The number of hydrogen-bond acceptors (Lipinski definition) is 8. The normalized spacial score (nSPS) is 15.6. The molecule has 0 saturated carbocycles. The highest BCUT2D eigenvalue weighted by Crippen LogP contribution is 2.27. The molecule has 3 aromatic rings. The van der Waals surface area contributed by atoms with Crippen LogP contribution in [0.15, 0.2) is 24.5 Å². The average molecular weight is 369 g/mol. The van der Waals surface area contributed by atoms with Crippen LogP contribution in [0.25, 0.3) is 10.9 Å². The van der Waals surface area contributed by atoms with Gasteiger partial charge in [0.25, 0.3) is 0 Å². The molecule has 4 rings (SSSR count). The second kappa shape index (κ2) is 7.13. The van der Waals surface area contributed by atoms with E-state index in [-0.39, 0.29) is 0 Å². The number of anilines is 2. The molecule has 1 aliphatic heterocycles. The molecule has 7 nitrogen and oxygen atoms in total. The summed E-state index contributed by atoms with van der Waals surface area (Å²) in [7, 11) is 4.03. The molecule has 8 heteroatoms. The Hall–Kier alpha value is -2.32. The maximum atomic E-state index is 4.43. The van der Waals surface area contributed by atoms with Crippen LogP contribution < -0.4 is 9.80 Å². The minimum atomic E-state index is 0.898. The highest BCUT2D eigenvalue weighted by atomic mass is 32.1. The lowest BCUT2D eigenvalue weighted by atomic mass is 10.1. The number of rotatable bonds is 4. The quantitative estimate of drug-likeness (QED) is 0.698. The van der Waals surface area contributed by atoms with Crippen molar-refractivity contribution < 1.29 is 0 Å². The zero-order valence-corrected chi connectivity index (χ0v) is 16.2. The first-order valence-electron chi connectivity index (χ1n) is 8.78. The Bertz CT molecular complexity index is 899. The van der Waals surface area contributed by atoms with Gasteiger partial charge in [-0.1, -0.05) is 0 Å². The predicted molar refractivity (Wildman–Crippen MR) is 106 cm³/mol. The molecule has 1 fully saturated rings. The van der Waals surface area contributed by atoms with E-state index in [1.807, 2.05) is 25.9 Å². The first-order valence-corrected chi connectivity index (χ1v) is 9.60. The van der Waals surface area contributed by atoms with Crippen molar-refractivity contribution in [1.29, 1.82) is 0 Å². The third kappa shape index (κ3) is 3.47. The SMILES string of the molecule is Cc1nnc(CN2CCN(c3ccc4ncnc(N(C)C)c4c3)CC2)s1. The van der Waals surface area contributed by atoms with Crippen molar-refractivity contribution in [2.45, 2.75) is 13.5 Å². The zero-order chi connectivity index (χ0) is 18.1. The van der Waals surface area contributed by atoms with Crippen molar-refractivity contribution in [3.63, 3.8) is 0 Å². The zero-order valence-electron chi connectivity index (χ0n) is 15.4. The number of piperazine rings is 1. The molecule has 2 aromatic heterocycles. The summed E-state index contributed by atoms with van der Waals surface area (Å²) in [5, 5.41) is 11.6. The molecule has 1 aliphatic rings. The van der Waals surface area contributed by atoms with Crippen molar-refractivity contribution in [2.75, 3.05) is 50.1 Å². The fraction of sp³-hybridized carbons (Fsp3) is 0.444. The van der Waals surface area contributed by atoms with E-state index < -0.39 is 0 Å². The maximum Gasteiger partial charge on any atom is 0.139 e. The largest absolute Gasteiger partial charge is 0.369 e. The third-order valence-corrected chi connectivity index (χ3v) is 5.51. The monoisotopic (exact) mass is 369 g/mol. The Morgan fingerprint density at radius 3 is 2.58 bits per heavy atom. The van der Waals surface area contributed by atoms with Crippen LogP contribution in [0.3, 0.4) is 0 Å². The van der Waals surface area contributed by atoms with E-state index in [1.165, 1.54) is 5.69 Å². The van der Waals surface area contributed by atoms with Crippen molar-refractivity contribution in [2.24, 2.45) is 0 Å². The van der Waals surface area contributed by atoms with Gasteiger partial charge in [0.05, 0.1) is 12.1 Å². The lowest BCUT2D eigenvalue weighted by Gasteiger charge is -2.35. The van der Waals surface area contributed by atoms with Crippen molar-refractivity contribution in [3.8, 4) is 0 Å². The highest BCUT2D eigenvalue weighted by Gasteiger charge is 2.19. The number of fused-ring (bicyclic) bond motifs is 1. The number of aromatic nitrogens is 4. The van der Waals surface area contributed by atoms with Gasteiger partial charge in [-0.3, -0.25) is 4.90 Å². The Balaban J connectivity index is 1.48. The van der Waals surface area contributed by atoms with E-state index in [9.17, 15) is 0 Å². The first kappa shape index (κ1) is 17.1. The van der Waals surface area contributed by atoms with Crippen LogP contribution in [0.1, 0.15) is 10.0 Å². The van der Waals surface area contributed by atoms with Crippen LogP contribution in [0.4, 0.5) is 11.5 Å². The predicted octanol–water partition coefficient (Wildman–Crippen LogP) is 2.18. The molecule has 0 atom stereocenters. The standard InChI is InChI=1S/C18H23N7S/c1-13-21-22-17(26-13)11-24-6-8-25(9-7-24)14-4-5-16-15(10-14)18(23(2)3)20-12-19-16/h4-5,10,12H,6-9,11H2,1-3H3. The summed E-state index contributed by atoms with van der Waals surface area (Å²) in [5.41, 5.74) is 2.22. The van der Waals surface area contributed by atoms with Gasteiger partial charge >= 0.3 is 0 Å². The fourth-order valence-electron chi connectivity index (χ4n) is 3.34. The summed E-state index contributed by atoms with van der Waals surface area (Å²) in [6, 6.07) is 6.47. The summed E-state index contributed by atoms with van der Waals surface area (Å²) < 4.78 is 0. The number of aryl methyl sites for hydroxylation is 1. The number of hydrogen-bond donors (Lipinski definition) is 0. The first-order chi connectivity index (χ1) is 12.6. The van der Waals surface area contributed by atoms with Crippen molar-refractivity contribution in [3.05, 3.63) is 34.5 Å². The van der Waals surface area contributed by atoms with Crippen LogP contribution in [0.5, 0.6) is 0 Å². The van der Waals surface area contributed by atoms with Gasteiger partial charge in [0.1, 0.15) is 22.2 Å². The van der Waals surface area contributed by atoms with Crippen LogP contribution in [0.2, 0.25) is 0 Å². The molecule has 0 amide bonds. The fourth-order valence-corrected chi connectivity index (χ4v) is 4.09. The topological polar surface area (TPSA) is 61.3 Å². The van der Waals surface area contributed by atoms with E-state index in [4.69, 9.17) is 0 Å². The van der Waals surface area contributed by atoms with Gasteiger partial charge in [0, 0.05) is 51.3 Å². The van der Waals surface area contributed by atoms with Crippen molar-refractivity contribution >= 4 is 33.7 Å². The number of nitrogens with zero attached hydrogens (tertiary/aromatic N) is 7. The van der Waals surface area contributed by atoms with Gasteiger partial charge in [0.15, 0.2) is 0 Å². The summed E-state index contributed by atoms with van der Waals surface area (Å²) in [5.74, 6) is 0.960. The van der Waals surface area contributed by atoms with E-state index >= 15 is 0 Å². The van der Waals surface area contributed by atoms with E-state index in [0.717, 1.165) is 59.5 Å². The summed E-state index contributed by atoms with van der Waals surface area (Å²) in [6.07, 6.45) is 1.63. The molecular weight excluding hydrogens is 346 g/mol. The third-order valence-electron chi connectivity index (χ3n) is 4.69. The van der Waals surface area contributed by atoms with Gasteiger partial charge in [0.2, 0.25) is 0 Å². The Labute approximate surface area is 157 Å². The summed E-state index contributed by atoms with van der Waals surface area (Å²) >= 11 is 1.69. The lowest BCUT2D eigenvalue weighted by Crippen LogP contribution is -2.45. The summed E-state index contributed by atoms with van der Waals surface area (Å²) in [4.78, 5) is 15.8. The van der Waals surface area contributed by atoms with Crippen LogP contribution >= 0.6 is 11.3 Å². The van der Waals surface area contributed by atoms with Crippen LogP contribution in [-0.2, 0) is 6.54 Å².